The van der Waals surface area contributed by atoms with Crippen LogP contribution in [-0.4, -0.2) is 19.4 Å². The highest BCUT2D eigenvalue weighted by atomic mass is 16.3. The maximum Gasteiger partial charge on any atom is 0.213 e. The fourth-order valence-corrected chi connectivity index (χ4v) is 7.15. The molecule has 0 fully saturated rings. The van der Waals surface area contributed by atoms with E-state index in [4.69, 9.17) is 19.4 Å². The SMILES string of the molecule is c1ccc(-c2nc(-c3ccccc3)nc(-c3ccc(-c4ccc(-c5c6ccccc6n6c5oc5ccccc56)cc4)c4ccccc34)n2)cc1. The first-order valence-electron chi connectivity index (χ1n) is 16.7. The summed E-state index contributed by atoms with van der Waals surface area (Å²) in [6, 6.07) is 58.6. The van der Waals surface area contributed by atoms with Crippen molar-refractivity contribution >= 4 is 38.5 Å². The summed E-state index contributed by atoms with van der Waals surface area (Å²) >= 11 is 0. The van der Waals surface area contributed by atoms with Gasteiger partial charge in [-0.3, -0.25) is 4.40 Å². The molecule has 0 spiro atoms. The van der Waals surface area contributed by atoms with Crippen molar-refractivity contribution in [2.75, 3.05) is 0 Å². The van der Waals surface area contributed by atoms with Crippen LogP contribution in [0.4, 0.5) is 0 Å². The van der Waals surface area contributed by atoms with Gasteiger partial charge in [0.05, 0.1) is 16.6 Å². The maximum absolute atomic E-state index is 6.47. The van der Waals surface area contributed by atoms with Crippen LogP contribution < -0.4 is 0 Å². The van der Waals surface area contributed by atoms with E-state index in [9.17, 15) is 0 Å². The Morgan fingerprint density at radius 2 is 0.860 bits per heavy atom. The van der Waals surface area contributed by atoms with Gasteiger partial charge in [0.2, 0.25) is 5.71 Å². The van der Waals surface area contributed by atoms with Crippen LogP contribution in [0, 0.1) is 0 Å². The highest BCUT2D eigenvalue weighted by Gasteiger charge is 2.20. The average molecular weight is 641 g/mol. The van der Waals surface area contributed by atoms with Crippen LogP contribution >= 0.6 is 0 Å². The molecule has 10 aromatic rings. The lowest BCUT2D eigenvalue weighted by molar-refractivity contribution is 0.658. The zero-order valence-corrected chi connectivity index (χ0v) is 26.9. The Morgan fingerprint density at radius 1 is 0.360 bits per heavy atom. The van der Waals surface area contributed by atoms with Crippen molar-refractivity contribution in [2.45, 2.75) is 0 Å². The van der Waals surface area contributed by atoms with Gasteiger partial charge in [-0.1, -0.05) is 146 Å². The molecule has 0 saturated carbocycles. The van der Waals surface area contributed by atoms with Crippen molar-refractivity contribution in [3.63, 3.8) is 0 Å². The van der Waals surface area contributed by atoms with Gasteiger partial charge >= 0.3 is 0 Å². The maximum atomic E-state index is 6.47. The fourth-order valence-electron chi connectivity index (χ4n) is 7.15. The van der Waals surface area contributed by atoms with Gasteiger partial charge in [0.15, 0.2) is 23.1 Å². The van der Waals surface area contributed by atoms with Gasteiger partial charge in [0.1, 0.15) is 0 Å². The second kappa shape index (κ2) is 11.4. The number of nitrogens with zero attached hydrogens (tertiary/aromatic N) is 4. The molecule has 0 radical (unpaired) electrons. The quantitative estimate of drug-likeness (QED) is 0.188. The molecule has 0 amide bonds. The van der Waals surface area contributed by atoms with E-state index in [1.807, 2.05) is 72.8 Å². The molecule has 5 nitrogen and oxygen atoms in total. The van der Waals surface area contributed by atoms with Crippen molar-refractivity contribution in [1.29, 1.82) is 0 Å². The average Bonchev–Trinajstić information content (AvgIpc) is 3.73. The van der Waals surface area contributed by atoms with E-state index in [1.165, 1.54) is 5.39 Å². The summed E-state index contributed by atoms with van der Waals surface area (Å²) in [4.78, 5) is 14.9. The van der Waals surface area contributed by atoms with E-state index < -0.39 is 0 Å². The lowest BCUT2D eigenvalue weighted by Crippen LogP contribution is -2.00. The lowest BCUT2D eigenvalue weighted by atomic mass is 9.93. The molecule has 10 rings (SSSR count). The number of fused-ring (bicyclic) bond motifs is 6. The zero-order chi connectivity index (χ0) is 33.0. The standard InChI is InChI=1S/C45H28N4O/c1-3-13-31(14-4-1)42-46-43(32-15-5-2-6-16-32)48-44(47-42)36-28-27-33(34-17-7-8-18-35(34)36)29-23-25-30(26-24-29)41-37-19-9-10-20-38(37)49-39-21-11-12-22-40(39)50-45(41)49/h1-28H. The topological polar surface area (TPSA) is 56.2 Å². The molecule has 0 N–H and O–H groups in total. The normalized spacial score (nSPS) is 11.6. The van der Waals surface area contributed by atoms with Crippen LogP contribution in [0.3, 0.4) is 0 Å². The third-order valence-electron chi connectivity index (χ3n) is 9.49. The third kappa shape index (κ3) is 4.52. The Hall–Kier alpha value is -6.85. The number of para-hydroxylation sites is 3. The molecule has 50 heavy (non-hydrogen) atoms. The molecule has 0 saturated heterocycles. The summed E-state index contributed by atoms with van der Waals surface area (Å²) in [5.41, 5.74) is 11.3. The number of hydrogen-bond acceptors (Lipinski definition) is 4. The smallest absolute Gasteiger partial charge is 0.213 e. The monoisotopic (exact) mass is 640 g/mol. The zero-order valence-electron chi connectivity index (χ0n) is 26.9. The first-order chi connectivity index (χ1) is 24.8. The summed E-state index contributed by atoms with van der Waals surface area (Å²) in [6.45, 7) is 0. The van der Waals surface area contributed by atoms with Crippen molar-refractivity contribution in [2.24, 2.45) is 0 Å². The Bertz CT molecular complexity index is 2800. The first-order valence-corrected chi connectivity index (χ1v) is 16.7. The highest BCUT2D eigenvalue weighted by molar-refractivity contribution is 6.08. The van der Waals surface area contributed by atoms with Crippen molar-refractivity contribution in [3.05, 3.63) is 170 Å². The fraction of sp³-hybridized carbons (Fsp3) is 0. The predicted molar refractivity (Wildman–Crippen MR) is 203 cm³/mol. The van der Waals surface area contributed by atoms with Gasteiger partial charge in [-0.2, -0.15) is 0 Å². The van der Waals surface area contributed by atoms with E-state index in [2.05, 4.69) is 101 Å². The van der Waals surface area contributed by atoms with Crippen LogP contribution in [0.15, 0.2) is 174 Å². The minimum absolute atomic E-state index is 0.645. The molecule has 7 aromatic carbocycles. The van der Waals surface area contributed by atoms with E-state index in [-0.39, 0.29) is 0 Å². The Labute approximate surface area is 287 Å². The second-order valence-electron chi connectivity index (χ2n) is 12.4. The minimum atomic E-state index is 0.645. The molecule has 5 heteroatoms. The number of rotatable bonds is 5. The lowest BCUT2D eigenvalue weighted by Gasteiger charge is -2.13. The molecule has 3 aromatic heterocycles. The number of oxazole rings is 1. The van der Waals surface area contributed by atoms with Gasteiger partial charge < -0.3 is 4.42 Å². The minimum Gasteiger partial charge on any atom is -0.438 e. The highest BCUT2D eigenvalue weighted by Crippen LogP contribution is 2.41. The van der Waals surface area contributed by atoms with Gasteiger partial charge in [-0.05, 0) is 51.7 Å². The summed E-state index contributed by atoms with van der Waals surface area (Å²) in [6.07, 6.45) is 0. The van der Waals surface area contributed by atoms with Crippen LogP contribution in [0.5, 0.6) is 0 Å². The Morgan fingerprint density at radius 3 is 1.54 bits per heavy atom. The number of benzene rings is 7. The van der Waals surface area contributed by atoms with Gasteiger partial charge in [0, 0.05) is 22.1 Å². The van der Waals surface area contributed by atoms with E-state index >= 15 is 0 Å². The van der Waals surface area contributed by atoms with E-state index in [0.29, 0.717) is 17.5 Å². The molecule has 0 unspecified atom stereocenters. The number of aromatic nitrogens is 4. The molecular formula is C45H28N4O. The van der Waals surface area contributed by atoms with Gasteiger partial charge in [-0.25, -0.2) is 15.0 Å². The summed E-state index contributed by atoms with van der Waals surface area (Å²) in [7, 11) is 0. The summed E-state index contributed by atoms with van der Waals surface area (Å²) in [5, 5.41) is 3.39. The van der Waals surface area contributed by atoms with Crippen molar-refractivity contribution in [3.8, 4) is 56.4 Å². The third-order valence-corrected chi connectivity index (χ3v) is 9.49. The first kappa shape index (κ1) is 28.2. The van der Waals surface area contributed by atoms with Gasteiger partial charge in [0.25, 0.3) is 0 Å². The second-order valence-corrected chi connectivity index (χ2v) is 12.4. The predicted octanol–water partition coefficient (Wildman–Crippen LogP) is 11.5. The summed E-state index contributed by atoms with van der Waals surface area (Å²) < 4.78 is 8.70. The van der Waals surface area contributed by atoms with Crippen LogP contribution in [-0.2, 0) is 0 Å². The van der Waals surface area contributed by atoms with Crippen LogP contribution in [0.1, 0.15) is 0 Å². The van der Waals surface area contributed by atoms with E-state index in [1.54, 1.807) is 0 Å². The molecular weight excluding hydrogens is 613 g/mol. The van der Waals surface area contributed by atoms with E-state index in [0.717, 1.165) is 72.0 Å². The molecule has 0 aliphatic rings. The van der Waals surface area contributed by atoms with Gasteiger partial charge in [-0.15, -0.1) is 0 Å². The van der Waals surface area contributed by atoms with Crippen molar-refractivity contribution in [1.82, 2.24) is 19.4 Å². The molecule has 0 atom stereocenters. The Balaban J connectivity index is 1.10. The Kier molecular flexibility index (Phi) is 6.42. The molecule has 0 aliphatic carbocycles. The molecule has 234 valence electrons. The van der Waals surface area contributed by atoms with Crippen molar-refractivity contribution < 1.29 is 4.42 Å². The molecule has 0 aliphatic heterocycles. The molecule has 3 heterocycles. The van der Waals surface area contributed by atoms with Crippen LogP contribution in [0.2, 0.25) is 0 Å². The van der Waals surface area contributed by atoms with Crippen LogP contribution in [0.25, 0.3) is 94.9 Å². The molecule has 0 bridgehead atoms. The number of hydrogen-bond donors (Lipinski definition) is 0. The summed E-state index contributed by atoms with van der Waals surface area (Å²) in [5.74, 6) is 1.94. The largest absolute Gasteiger partial charge is 0.438 e.